The van der Waals surface area contributed by atoms with Crippen LogP contribution in [-0.4, -0.2) is 12.1 Å². The van der Waals surface area contributed by atoms with E-state index >= 15 is 0 Å². The zero-order valence-corrected chi connectivity index (χ0v) is 12.1. The number of ether oxygens (including phenoxy) is 1. The van der Waals surface area contributed by atoms with E-state index in [9.17, 15) is 0 Å². The van der Waals surface area contributed by atoms with E-state index in [0.29, 0.717) is 0 Å². The highest BCUT2D eigenvalue weighted by molar-refractivity contribution is 5.38. The lowest BCUT2D eigenvalue weighted by Crippen LogP contribution is -2.51. The number of hydrogen-bond acceptors (Lipinski definition) is 2. The van der Waals surface area contributed by atoms with Crippen molar-refractivity contribution in [3.63, 3.8) is 0 Å². The van der Waals surface area contributed by atoms with Crippen LogP contribution in [-0.2, 0) is 12.8 Å². The van der Waals surface area contributed by atoms with E-state index in [1.165, 1.54) is 43.2 Å². The van der Waals surface area contributed by atoms with Crippen molar-refractivity contribution in [3.8, 4) is 5.75 Å². The van der Waals surface area contributed by atoms with Gasteiger partial charge in [0.05, 0.1) is 0 Å². The predicted molar refractivity (Wildman–Crippen MR) is 78.5 cm³/mol. The number of fused-ring (bicyclic) bond motifs is 1. The van der Waals surface area contributed by atoms with E-state index in [-0.39, 0.29) is 17.6 Å². The van der Waals surface area contributed by atoms with Crippen molar-refractivity contribution in [2.45, 2.75) is 64.5 Å². The summed E-state index contributed by atoms with van der Waals surface area (Å²) in [6.45, 7) is 4.52. The van der Waals surface area contributed by atoms with E-state index in [1.54, 1.807) is 0 Å². The van der Waals surface area contributed by atoms with Crippen LogP contribution in [0.25, 0.3) is 0 Å². The Morgan fingerprint density at radius 2 is 1.95 bits per heavy atom. The highest BCUT2D eigenvalue weighted by Gasteiger charge is 2.37. The molecule has 2 atom stereocenters. The van der Waals surface area contributed by atoms with Gasteiger partial charge in [0.15, 0.2) is 0 Å². The minimum absolute atomic E-state index is 0.134. The fourth-order valence-electron chi connectivity index (χ4n) is 3.54. The molecule has 2 aliphatic rings. The van der Waals surface area contributed by atoms with Gasteiger partial charge in [-0.1, -0.05) is 19.9 Å². The van der Waals surface area contributed by atoms with E-state index in [1.807, 2.05) is 0 Å². The number of hydrogen-bond donors (Lipinski definition) is 1. The first kappa shape index (κ1) is 13.0. The van der Waals surface area contributed by atoms with Crippen molar-refractivity contribution >= 4 is 0 Å². The number of rotatable bonds is 2. The molecule has 0 saturated heterocycles. The quantitative estimate of drug-likeness (QED) is 0.882. The molecule has 2 nitrogen and oxygen atoms in total. The Labute approximate surface area is 116 Å². The lowest BCUT2D eigenvalue weighted by Gasteiger charge is -2.41. The minimum atomic E-state index is 0.134. The second kappa shape index (κ2) is 4.82. The lowest BCUT2D eigenvalue weighted by molar-refractivity contribution is 0.0567. The first-order valence-electron chi connectivity index (χ1n) is 7.60. The van der Waals surface area contributed by atoms with Gasteiger partial charge in [0, 0.05) is 6.04 Å². The molecule has 2 N–H and O–H groups in total. The minimum Gasteiger partial charge on any atom is -0.489 e. The van der Waals surface area contributed by atoms with Crippen LogP contribution in [0.15, 0.2) is 18.2 Å². The van der Waals surface area contributed by atoms with E-state index in [4.69, 9.17) is 10.5 Å². The number of nitrogens with two attached hydrogens (primary N) is 1. The summed E-state index contributed by atoms with van der Waals surface area (Å²) < 4.78 is 6.20. The molecule has 0 amide bonds. The second-order valence-corrected chi connectivity index (χ2v) is 6.85. The molecular formula is C17H25NO. The van der Waals surface area contributed by atoms with Gasteiger partial charge in [-0.3, -0.25) is 0 Å². The third-order valence-electron chi connectivity index (χ3n) is 4.97. The summed E-state index contributed by atoms with van der Waals surface area (Å²) in [6.07, 6.45) is 7.40. The van der Waals surface area contributed by atoms with Crippen molar-refractivity contribution in [1.82, 2.24) is 0 Å². The zero-order valence-electron chi connectivity index (χ0n) is 12.1. The van der Waals surface area contributed by atoms with Crippen LogP contribution >= 0.6 is 0 Å². The first-order valence-corrected chi connectivity index (χ1v) is 7.60. The molecule has 1 fully saturated rings. The van der Waals surface area contributed by atoms with Gasteiger partial charge in [-0.15, -0.1) is 0 Å². The average Bonchev–Trinajstić information content (AvgIpc) is 2.82. The molecule has 0 aliphatic heterocycles. The maximum Gasteiger partial charge on any atom is 0.120 e. The van der Waals surface area contributed by atoms with Crippen molar-refractivity contribution in [3.05, 3.63) is 29.3 Å². The van der Waals surface area contributed by atoms with Gasteiger partial charge in [-0.2, -0.15) is 0 Å². The molecule has 104 valence electrons. The van der Waals surface area contributed by atoms with Crippen LogP contribution in [0.1, 0.15) is 50.7 Å². The van der Waals surface area contributed by atoms with Crippen molar-refractivity contribution in [2.75, 3.05) is 0 Å². The smallest absolute Gasteiger partial charge is 0.120 e. The summed E-state index contributed by atoms with van der Waals surface area (Å²) in [5.41, 5.74) is 9.56. The van der Waals surface area contributed by atoms with Crippen LogP contribution < -0.4 is 10.5 Å². The van der Waals surface area contributed by atoms with Gasteiger partial charge in [-0.25, -0.2) is 0 Å². The first-order chi connectivity index (χ1) is 9.06. The molecule has 2 aliphatic carbocycles. The maximum absolute atomic E-state index is 6.39. The Balaban J connectivity index is 1.74. The van der Waals surface area contributed by atoms with Gasteiger partial charge in [0.1, 0.15) is 11.9 Å². The maximum atomic E-state index is 6.39. The second-order valence-electron chi connectivity index (χ2n) is 6.85. The molecule has 1 saturated carbocycles. The molecule has 0 bridgehead atoms. The highest BCUT2D eigenvalue weighted by Crippen LogP contribution is 2.36. The molecule has 19 heavy (non-hydrogen) atoms. The van der Waals surface area contributed by atoms with Gasteiger partial charge in [0.25, 0.3) is 0 Å². The predicted octanol–water partition coefficient (Wildman–Crippen LogP) is 3.46. The highest BCUT2D eigenvalue weighted by atomic mass is 16.5. The van der Waals surface area contributed by atoms with Gasteiger partial charge in [-0.05, 0) is 67.2 Å². The molecule has 2 heteroatoms. The summed E-state index contributed by atoms with van der Waals surface area (Å²) in [5.74, 6) is 1.01. The normalized spacial score (nSPS) is 29.0. The fraction of sp³-hybridized carbons (Fsp3) is 0.647. The van der Waals surface area contributed by atoms with Gasteiger partial charge < -0.3 is 10.5 Å². The molecule has 1 aromatic carbocycles. The molecule has 1 aromatic rings. The van der Waals surface area contributed by atoms with Crippen molar-refractivity contribution in [1.29, 1.82) is 0 Å². The number of aryl methyl sites for hydroxylation is 2. The Hall–Kier alpha value is -1.02. The summed E-state index contributed by atoms with van der Waals surface area (Å²) in [4.78, 5) is 0. The molecule has 2 unspecified atom stereocenters. The third kappa shape index (κ3) is 2.51. The van der Waals surface area contributed by atoms with Crippen LogP contribution in [0.4, 0.5) is 0 Å². The molecule has 0 radical (unpaired) electrons. The average molecular weight is 259 g/mol. The Morgan fingerprint density at radius 1 is 1.16 bits per heavy atom. The van der Waals surface area contributed by atoms with Crippen molar-refractivity contribution < 1.29 is 4.74 Å². The lowest BCUT2D eigenvalue weighted by atomic mass is 9.72. The third-order valence-corrected chi connectivity index (χ3v) is 4.97. The summed E-state index contributed by atoms with van der Waals surface area (Å²) in [6, 6.07) is 6.72. The van der Waals surface area contributed by atoms with Gasteiger partial charge >= 0.3 is 0 Å². The molecular weight excluding hydrogens is 234 g/mol. The van der Waals surface area contributed by atoms with Crippen LogP contribution in [0.2, 0.25) is 0 Å². The van der Waals surface area contributed by atoms with E-state index in [2.05, 4.69) is 32.0 Å². The number of benzene rings is 1. The van der Waals surface area contributed by atoms with Gasteiger partial charge in [0.2, 0.25) is 0 Å². The van der Waals surface area contributed by atoms with E-state index in [0.717, 1.165) is 12.2 Å². The summed E-state index contributed by atoms with van der Waals surface area (Å²) in [7, 11) is 0. The fourth-order valence-corrected chi connectivity index (χ4v) is 3.54. The summed E-state index contributed by atoms with van der Waals surface area (Å²) in [5, 5.41) is 0. The molecule has 3 rings (SSSR count). The van der Waals surface area contributed by atoms with Crippen LogP contribution in [0.5, 0.6) is 5.75 Å². The van der Waals surface area contributed by atoms with Crippen LogP contribution in [0.3, 0.4) is 0 Å². The standard InChI is InChI=1S/C17H25NO/c1-17(2)10-4-7-15(16(17)18)19-14-9-8-12-5-3-6-13(12)11-14/h8-9,11,15-16H,3-7,10,18H2,1-2H3. The van der Waals surface area contributed by atoms with Crippen molar-refractivity contribution in [2.24, 2.45) is 11.1 Å². The monoisotopic (exact) mass is 259 g/mol. The topological polar surface area (TPSA) is 35.2 Å². The molecule has 0 heterocycles. The Kier molecular flexibility index (Phi) is 3.30. The molecule has 0 aromatic heterocycles. The van der Waals surface area contributed by atoms with Crippen LogP contribution in [0, 0.1) is 5.41 Å². The molecule has 0 spiro atoms. The Morgan fingerprint density at radius 3 is 2.79 bits per heavy atom. The largest absolute Gasteiger partial charge is 0.489 e. The Bertz CT molecular complexity index is 466. The SMILES string of the molecule is CC1(C)CCCC(Oc2ccc3c(c2)CCC3)C1N. The van der Waals surface area contributed by atoms with E-state index < -0.39 is 0 Å². The summed E-state index contributed by atoms with van der Waals surface area (Å²) >= 11 is 0. The zero-order chi connectivity index (χ0) is 13.5.